The van der Waals surface area contributed by atoms with Crippen LogP contribution in [0.15, 0.2) is 22.1 Å². The topological polar surface area (TPSA) is 60.0 Å². The molecule has 0 spiro atoms. The van der Waals surface area contributed by atoms with Crippen LogP contribution >= 0.6 is 0 Å². The third-order valence-corrected chi connectivity index (χ3v) is 3.54. The van der Waals surface area contributed by atoms with Crippen molar-refractivity contribution in [3.8, 4) is 0 Å². The Bertz CT molecular complexity index is 593. The fourth-order valence-electron chi connectivity index (χ4n) is 2.45. The predicted molar refractivity (Wildman–Crippen MR) is 80.4 cm³/mol. The maximum atomic E-state index is 13.1. The molecule has 0 amide bonds. The minimum atomic E-state index is -1.47. The highest BCUT2D eigenvalue weighted by atomic mass is 19.2. The van der Waals surface area contributed by atoms with E-state index in [0.29, 0.717) is 12.8 Å². The van der Waals surface area contributed by atoms with Crippen LogP contribution in [0.25, 0.3) is 0 Å². The van der Waals surface area contributed by atoms with E-state index in [1.807, 2.05) is 6.92 Å². The molecule has 0 heterocycles. The van der Waals surface area contributed by atoms with Crippen molar-refractivity contribution < 1.29 is 19.3 Å². The molecule has 1 aliphatic carbocycles. The highest BCUT2D eigenvalue weighted by Gasteiger charge is 2.41. The number of guanidine groups is 1. The monoisotopic (exact) mass is 315 g/mol. The molecule has 1 fully saturated rings. The van der Waals surface area contributed by atoms with Crippen LogP contribution in [0.2, 0.25) is 0 Å². The summed E-state index contributed by atoms with van der Waals surface area (Å²) in [6, 6.07) is 1.89. The minimum absolute atomic E-state index is 0. The van der Waals surface area contributed by atoms with Gasteiger partial charge in [0, 0.05) is 7.64 Å². The molecule has 0 unspecified atom stereocenters. The van der Waals surface area contributed by atoms with Gasteiger partial charge in [-0.15, -0.1) is 0 Å². The summed E-state index contributed by atoms with van der Waals surface area (Å²) in [4.78, 5) is 8.07. The van der Waals surface area contributed by atoms with Gasteiger partial charge in [-0.25, -0.2) is 23.2 Å². The molecular formula is C15H20F3N3O. The molecule has 2 N–H and O–H groups in total. The zero-order valence-electron chi connectivity index (χ0n) is 12.4. The van der Waals surface area contributed by atoms with Crippen molar-refractivity contribution in [2.45, 2.75) is 44.9 Å². The molecule has 1 aromatic carbocycles. The number of aliphatic imine (C=N–C) groups is 2. The van der Waals surface area contributed by atoms with Crippen molar-refractivity contribution in [1.29, 1.82) is 0 Å². The summed E-state index contributed by atoms with van der Waals surface area (Å²) in [6.07, 6.45) is 2.84. The van der Waals surface area contributed by atoms with Crippen LogP contribution in [-0.2, 0) is 11.3 Å². The molecule has 0 saturated heterocycles. The minimum Gasteiger partial charge on any atom is -0.370 e. The first-order valence-corrected chi connectivity index (χ1v) is 6.92. The summed E-state index contributed by atoms with van der Waals surface area (Å²) < 4.78 is 44.8. The van der Waals surface area contributed by atoms with Gasteiger partial charge >= 0.3 is 0 Å². The largest absolute Gasteiger partial charge is 0.370 e. The average Bonchev–Trinajstić information content (AvgIpc) is 2.41. The number of rotatable bonds is 4. The predicted octanol–water partition coefficient (Wildman–Crippen LogP) is 3.19. The Kier molecular flexibility index (Phi) is 4.85. The zero-order valence-corrected chi connectivity index (χ0v) is 12.4. The van der Waals surface area contributed by atoms with Gasteiger partial charge in [-0.1, -0.05) is 0 Å². The van der Waals surface area contributed by atoms with Gasteiger partial charge in [-0.3, -0.25) is 0 Å². The van der Waals surface area contributed by atoms with Crippen molar-refractivity contribution in [2.75, 3.05) is 0 Å². The second kappa shape index (κ2) is 6.48. The quantitative estimate of drug-likeness (QED) is 0.527. The Labute approximate surface area is 128 Å². The van der Waals surface area contributed by atoms with Crippen molar-refractivity contribution in [3.05, 3.63) is 35.1 Å². The van der Waals surface area contributed by atoms with Gasteiger partial charge < -0.3 is 10.5 Å². The summed E-state index contributed by atoms with van der Waals surface area (Å²) in [5.74, 6) is -3.69. The summed E-state index contributed by atoms with van der Waals surface area (Å²) in [5, 5.41) is 0. The number of ether oxygens (including phenoxy) is 1. The first kappa shape index (κ1) is 16.5. The van der Waals surface area contributed by atoms with Crippen LogP contribution in [-0.4, -0.2) is 23.8 Å². The molecule has 2 rings (SSSR count). The molecule has 1 aliphatic rings. The summed E-state index contributed by atoms with van der Waals surface area (Å²) in [7, 11) is 0. The third-order valence-electron chi connectivity index (χ3n) is 3.54. The molecule has 0 aliphatic heterocycles. The van der Waals surface area contributed by atoms with Gasteiger partial charge in [0.15, 0.2) is 17.5 Å². The van der Waals surface area contributed by atoms with E-state index in [1.165, 1.54) is 0 Å². The SMILES string of the molecule is C/C=N/C(N)=NC1CC(C)(OCc2cc(F)c(F)c(F)c2)C1.[HH]. The molecule has 122 valence electrons. The molecule has 4 nitrogen and oxygen atoms in total. The van der Waals surface area contributed by atoms with E-state index >= 15 is 0 Å². The Balaban J connectivity index is 0.00000264. The first-order valence-electron chi connectivity index (χ1n) is 6.92. The number of hydrogen-bond acceptors (Lipinski definition) is 2. The molecule has 0 bridgehead atoms. The van der Waals surface area contributed by atoms with Crippen molar-refractivity contribution in [3.63, 3.8) is 0 Å². The van der Waals surface area contributed by atoms with Crippen molar-refractivity contribution >= 4 is 12.2 Å². The molecule has 0 atom stereocenters. The second-order valence-electron chi connectivity index (χ2n) is 5.55. The fourth-order valence-corrected chi connectivity index (χ4v) is 2.45. The lowest BCUT2D eigenvalue weighted by atomic mass is 9.77. The molecule has 7 heteroatoms. The molecular weight excluding hydrogens is 295 g/mol. The van der Waals surface area contributed by atoms with Crippen LogP contribution in [0, 0.1) is 17.5 Å². The smallest absolute Gasteiger partial charge is 0.215 e. The van der Waals surface area contributed by atoms with Crippen LogP contribution in [0.1, 0.15) is 33.7 Å². The van der Waals surface area contributed by atoms with E-state index in [-0.39, 0.29) is 25.6 Å². The van der Waals surface area contributed by atoms with E-state index in [4.69, 9.17) is 10.5 Å². The summed E-state index contributed by atoms with van der Waals surface area (Å²) in [5.41, 5.74) is 5.40. The zero-order chi connectivity index (χ0) is 16.3. The molecule has 0 aromatic heterocycles. The highest BCUT2D eigenvalue weighted by Crippen LogP contribution is 2.38. The summed E-state index contributed by atoms with van der Waals surface area (Å²) >= 11 is 0. The van der Waals surface area contributed by atoms with E-state index in [1.54, 1.807) is 13.1 Å². The van der Waals surface area contributed by atoms with E-state index in [0.717, 1.165) is 12.1 Å². The highest BCUT2D eigenvalue weighted by molar-refractivity contribution is 5.85. The molecule has 22 heavy (non-hydrogen) atoms. The maximum Gasteiger partial charge on any atom is 0.215 e. The van der Waals surface area contributed by atoms with E-state index in [2.05, 4.69) is 9.98 Å². The van der Waals surface area contributed by atoms with Crippen molar-refractivity contribution in [2.24, 2.45) is 15.7 Å². The van der Waals surface area contributed by atoms with Gasteiger partial charge in [-0.05, 0) is 44.4 Å². The Morgan fingerprint density at radius 2 is 2.00 bits per heavy atom. The number of nitrogens with two attached hydrogens (primary N) is 1. The number of halogens is 3. The van der Waals surface area contributed by atoms with Gasteiger partial charge in [0.1, 0.15) is 0 Å². The fraction of sp³-hybridized carbons (Fsp3) is 0.467. The Hall–Kier alpha value is -1.89. The lowest BCUT2D eigenvalue weighted by Crippen LogP contribution is -2.46. The normalized spacial score (nSPS) is 25.5. The van der Waals surface area contributed by atoms with Crippen LogP contribution in [0.3, 0.4) is 0 Å². The molecule has 0 radical (unpaired) electrons. The van der Waals surface area contributed by atoms with Gasteiger partial charge in [0.2, 0.25) is 5.96 Å². The van der Waals surface area contributed by atoms with Crippen LogP contribution in [0.5, 0.6) is 0 Å². The number of benzene rings is 1. The first-order chi connectivity index (χ1) is 10.3. The molecule has 1 saturated carbocycles. The van der Waals surface area contributed by atoms with Gasteiger partial charge in [0.25, 0.3) is 0 Å². The molecule has 1 aromatic rings. The third kappa shape index (κ3) is 3.85. The maximum absolute atomic E-state index is 13.1. The lowest BCUT2D eigenvalue weighted by Gasteiger charge is -2.43. The van der Waals surface area contributed by atoms with Crippen molar-refractivity contribution in [1.82, 2.24) is 0 Å². The Morgan fingerprint density at radius 1 is 1.41 bits per heavy atom. The summed E-state index contributed by atoms with van der Waals surface area (Å²) in [6.45, 7) is 3.63. The lowest BCUT2D eigenvalue weighted by molar-refractivity contribution is -0.104. The van der Waals surface area contributed by atoms with Gasteiger partial charge in [-0.2, -0.15) is 0 Å². The number of nitrogens with zero attached hydrogens (tertiary/aromatic N) is 2. The van der Waals surface area contributed by atoms with Gasteiger partial charge in [0.05, 0.1) is 18.2 Å². The average molecular weight is 315 g/mol. The van der Waals surface area contributed by atoms with E-state index < -0.39 is 23.1 Å². The Morgan fingerprint density at radius 3 is 2.55 bits per heavy atom. The van der Waals surface area contributed by atoms with Crippen LogP contribution < -0.4 is 5.73 Å². The van der Waals surface area contributed by atoms with Crippen LogP contribution in [0.4, 0.5) is 13.2 Å². The standard InChI is InChI=1S/C15H18F3N3O.H2/c1-3-20-14(19)21-10-6-15(2,7-10)22-8-9-4-11(16)13(18)12(17)5-9;/h3-5,10H,6-8H2,1-2H3,(H2,19,21);1H/b20-3+;. The number of hydrogen-bond donors (Lipinski definition) is 1. The van der Waals surface area contributed by atoms with E-state index in [9.17, 15) is 13.2 Å². The second-order valence-corrected chi connectivity index (χ2v) is 5.55.